The molecule has 0 bridgehead atoms. The van der Waals surface area contributed by atoms with Crippen LogP contribution in [0.3, 0.4) is 0 Å². The van der Waals surface area contributed by atoms with E-state index in [2.05, 4.69) is 6.92 Å². The maximum Gasteiger partial charge on any atom is 0.200 e. The van der Waals surface area contributed by atoms with Crippen molar-refractivity contribution in [1.29, 1.82) is 0 Å². The van der Waals surface area contributed by atoms with Crippen molar-refractivity contribution >= 4 is 5.57 Å². The summed E-state index contributed by atoms with van der Waals surface area (Å²) in [7, 11) is 0. The number of rotatable bonds is 1. The Morgan fingerprint density at radius 2 is 1.94 bits per heavy atom. The van der Waals surface area contributed by atoms with Crippen molar-refractivity contribution in [1.82, 2.24) is 0 Å². The SMILES string of the molecule is CC1CC=C(c2ccc(O)c(F)c2F)CC1.[Cm]. The number of hydrogen-bond acceptors (Lipinski definition) is 1. The van der Waals surface area contributed by atoms with Crippen LogP contribution in [-0.2, 0) is 0 Å². The number of phenols is 1. The van der Waals surface area contributed by atoms with Gasteiger partial charge in [0.15, 0.2) is 11.6 Å². The molecular weight excluding hydrogens is 457 g/mol. The van der Waals surface area contributed by atoms with Crippen LogP contribution < -0.4 is 0 Å². The van der Waals surface area contributed by atoms with Gasteiger partial charge in [0.25, 0.3) is 0 Å². The van der Waals surface area contributed by atoms with Gasteiger partial charge >= 0.3 is 0 Å². The average molecular weight is 471 g/mol. The first kappa shape index (κ1) is 12.7. The van der Waals surface area contributed by atoms with Gasteiger partial charge in [-0.25, -0.2) is 4.39 Å². The Kier molecular flexibility index (Phi) is 3.46. The topological polar surface area (TPSA) is 20.2 Å². The van der Waals surface area contributed by atoms with E-state index in [1.165, 1.54) is 12.1 Å². The van der Waals surface area contributed by atoms with Crippen LogP contribution in [0.1, 0.15) is 31.7 Å². The molecule has 0 aliphatic heterocycles. The Labute approximate surface area is 93.4 Å². The maximum absolute atomic E-state index is 13.6. The molecule has 1 nitrogen and oxygen atoms in total. The molecule has 0 heterocycles. The fraction of sp³-hybridized carbons (Fsp3) is 0.385. The second-order valence-electron chi connectivity index (χ2n) is 4.37. The van der Waals surface area contributed by atoms with Crippen molar-refractivity contribution in [2.24, 2.45) is 5.92 Å². The second-order valence-corrected chi connectivity index (χ2v) is 4.37. The third-order valence-electron chi connectivity index (χ3n) is 3.08. The minimum absolute atomic E-state index is 0. The Hall–Kier alpha value is -2.38. The molecule has 1 aromatic carbocycles. The van der Waals surface area contributed by atoms with E-state index in [1.54, 1.807) is 0 Å². The van der Waals surface area contributed by atoms with Crippen LogP contribution in [0.25, 0.3) is 5.57 Å². The molecule has 0 fully saturated rings. The minimum Gasteiger partial charge on any atom is -0.505 e. The van der Waals surface area contributed by atoms with Crippen LogP contribution in [0.4, 0.5) is 8.78 Å². The standard InChI is InChI=1S/C13H14F2O.Cm/c1-8-2-4-9(5-3-8)10-6-7-11(16)13(15)12(10)14;/h4,6-8,16H,2-3,5H2,1H3;. The summed E-state index contributed by atoms with van der Waals surface area (Å²) < 4.78 is 26.7. The molecular formula is C13H14CmF2O. The molecule has 0 amide bonds. The maximum atomic E-state index is 13.6. The molecule has 94 valence electrons. The summed E-state index contributed by atoms with van der Waals surface area (Å²) in [5.74, 6) is -2.13. The number of benzene rings is 1. The first-order valence-corrected chi connectivity index (χ1v) is 5.46. The van der Waals surface area contributed by atoms with Gasteiger partial charge < -0.3 is 5.11 Å². The smallest absolute Gasteiger partial charge is 0.200 e. The van der Waals surface area contributed by atoms with Crippen LogP contribution in [0.5, 0.6) is 5.75 Å². The Bertz CT molecular complexity index is 443. The molecule has 1 N–H and O–H groups in total. The molecule has 1 atom stereocenters. The fourth-order valence-electron chi connectivity index (χ4n) is 2.00. The van der Waals surface area contributed by atoms with Crippen LogP contribution in [-0.4, -0.2) is 5.11 Å². The first-order valence-electron chi connectivity index (χ1n) is 5.46. The van der Waals surface area contributed by atoms with Crippen molar-refractivity contribution in [2.75, 3.05) is 0 Å². The van der Waals surface area contributed by atoms with E-state index in [-0.39, 0.29) is 5.56 Å². The molecule has 1 aliphatic carbocycles. The van der Waals surface area contributed by atoms with Crippen molar-refractivity contribution in [3.63, 3.8) is 0 Å². The van der Waals surface area contributed by atoms with E-state index in [0.717, 1.165) is 24.8 Å². The number of phenolic OH excluding ortho intramolecular Hbond substituents is 1. The zero-order valence-electron chi connectivity index (χ0n) is 9.49. The molecule has 4 heteroatoms. The van der Waals surface area contributed by atoms with Crippen molar-refractivity contribution < 1.29 is 13.9 Å². The minimum atomic E-state index is -1.16. The summed E-state index contributed by atoms with van der Waals surface area (Å²) in [6, 6.07) is 2.64. The normalized spacial score (nSPS) is 19.5. The fourth-order valence-corrected chi connectivity index (χ4v) is 2.00. The summed E-state index contributed by atoms with van der Waals surface area (Å²) in [6.45, 7) is 2.14. The van der Waals surface area contributed by atoms with Gasteiger partial charge in [0, 0.05) is 5.56 Å². The van der Waals surface area contributed by atoms with E-state index in [0.29, 0.717) is 5.92 Å². The molecule has 0 spiro atoms. The quantitative estimate of drug-likeness (QED) is 0.660. The zero-order valence-corrected chi connectivity index (χ0v) is 12.4. The summed E-state index contributed by atoms with van der Waals surface area (Å²) in [5, 5.41) is 9.03. The monoisotopic (exact) mass is 467 g/mol. The van der Waals surface area contributed by atoms with Crippen molar-refractivity contribution in [2.45, 2.75) is 26.2 Å². The van der Waals surface area contributed by atoms with Gasteiger partial charge in [-0.2, -0.15) is 4.39 Å². The molecule has 1 aliphatic rings. The molecule has 0 radical (unpaired) electrons. The van der Waals surface area contributed by atoms with Crippen LogP contribution >= 0.6 is 0 Å². The Morgan fingerprint density at radius 3 is 2.53 bits per heavy atom. The molecule has 2 rings (SSSR count). The summed E-state index contributed by atoms with van der Waals surface area (Å²) in [5.41, 5.74) is 1.12. The van der Waals surface area contributed by atoms with Gasteiger partial charge in [-0.3, -0.25) is 0 Å². The second kappa shape index (κ2) is 4.64. The first-order chi connectivity index (χ1) is 7.59. The van der Waals surface area contributed by atoms with Gasteiger partial charge in [-0.15, -0.1) is 0 Å². The van der Waals surface area contributed by atoms with Gasteiger partial charge in [0.05, 0.1) is 0 Å². The Morgan fingerprint density at radius 1 is 1.24 bits per heavy atom. The van der Waals surface area contributed by atoms with Crippen LogP contribution in [0.15, 0.2) is 18.2 Å². The number of halogens is 2. The number of aromatic hydroxyl groups is 1. The van der Waals surface area contributed by atoms with Crippen LogP contribution in [0.2, 0.25) is 0 Å². The number of allylic oxidation sites excluding steroid dienone is 2. The third kappa shape index (κ3) is 2.25. The summed E-state index contributed by atoms with van der Waals surface area (Å²) in [4.78, 5) is 0. The average Bonchev–Trinajstić information content (AvgIpc) is 2.28. The molecule has 0 saturated heterocycles. The largest absolute Gasteiger partial charge is 0.505 e. The predicted molar refractivity (Wildman–Crippen MR) is 59.0 cm³/mol. The van der Waals surface area contributed by atoms with Gasteiger partial charge in [0.2, 0.25) is 5.82 Å². The van der Waals surface area contributed by atoms with Crippen molar-refractivity contribution in [3.05, 3.63) is 35.4 Å². The van der Waals surface area contributed by atoms with E-state index in [9.17, 15) is 8.78 Å². The van der Waals surface area contributed by atoms with E-state index >= 15 is 0 Å². The van der Waals surface area contributed by atoms with Gasteiger partial charge in [-0.1, -0.05) is 13.0 Å². The van der Waals surface area contributed by atoms with Crippen LogP contribution in [0, 0.1) is 17.6 Å². The molecule has 1 aromatic rings. The third-order valence-corrected chi connectivity index (χ3v) is 3.08. The number of hydrogen-bond donors (Lipinski definition) is 1. The molecule has 1 unspecified atom stereocenters. The predicted octanol–water partition coefficient (Wildman–Crippen LogP) is 3.87. The Balaban J connectivity index is 0.00000144. The van der Waals surface area contributed by atoms with E-state index in [1.807, 2.05) is 6.08 Å². The van der Waals surface area contributed by atoms with E-state index < -0.39 is 17.4 Å². The molecule has 17 heavy (non-hydrogen) atoms. The summed E-state index contributed by atoms with van der Waals surface area (Å²) >= 11 is 0. The van der Waals surface area contributed by atoms with Crippen molar-refractivity contribution in [3.8, 4) is 5.75 Å². The molecule has 0 saturated carbocycles. The van der Waals surface area contributed by atoms with Gasteiger partial charge in [0.1, 0.15) is 0 Å². The summed E-state index contributed by atoms with van der Waals surface area (Å²) in [6.07, 6.45) is 4.62. The van der Waals surface area contributed by atoms with E-state index in [4.69, 9.17) is 5.11 Å². The van der Waals surface area contributed by atoms with Gasteiger partial charge in [-0.05, 0) is 42.9 Å². The zero-order chi connectivity index (χ0) is 11.7. The molecule has 0 aromatic heterocycles.